The van der Waals surface area contributed by atoms with Crippen molar-refractivity contribution in [2.24, 2.45) is 0 Å². The quantitative estimate of drug-likeness (QED) is 0.755. The van der Waals surface area contributed by atoms with Gasteiger partial charge in [0.05, 0.1) is 6.42 Å². The predicted octanol–water partition coefficient (Wildman–Crippen LogP) is 3.54. The van der Waals surface area contributed by atoms with E-state index in [9.17, 15) is 13.2 Å². The number of benzene rings is 1. The predicted molar refractivity (Wildman–Crippen MR) is 53.0 cm³/mol. The minimum Gasteiger partial charge on any atom is -0.385 e. The Kier molecular flexibility index (Phi) is 2.59. The van der Waals surface area contributed by atoms with Gasteiger partial charge in [-0.1, -0.05) is 18.2 Å². The van der Waals surface area contributed by atoms with Crippen molar-refractivity contribution in [3.8, 4) is 0 Å². The van der Waals surface area contributed by atoms with Gasteiger partial charge in [-0.3, -0.25) is 0 Å². The van der Waals surface area contributed by atoms with Crippen molar-refractivity contribution in [1.29, 1.82) is 0 Å². The molecule has 0 saturated heterocycles. The molecule has 2 rings (SSSR count). The highest BCUT2D eigenvalue weighted by Crippen LogP contribution is 2.38. The third-order valence-corrected chi connectivity index (χ3v) is 2.69. The first-order chi connectivity index (χ1) is 7.06. The summed E-state index contributed by atoms with van der Waals surface area (Å²) in [5.74, 6) is -0.387. The molecule has 1 aliphatic heterocycles. The van der Waals surface area contributed by atoms with Gasteiger partial charge < -0.3 is 5.32 Å². The number of hydrogen-bond acceptors (Lipinski definition) is 1. The zero-order valence-electron chi connectivity index (χ0n) is 8.14. The highest BCUT2D eigenvalue weighted by molar-refractivity contribution is 5.54. The number of rotatable bonds is 1. The summed E-state index contributed by atoms with van der Waals surface area (Å²) in [5, 5.41) is 3.11. The first-order valence-corrected chi connectivity index (χ1v) is 4.96. The normalized spacial score (nSPS) is 20.6. The molecule has 82 valence electrons. The van der Waals surface area contributed by atoms with E-state index in [2.05, 4.69) is 5.32 Å². The van der Waals surface area contributed by atoms with Crippen molar-refractivity contribution < 1.29 is 13.2 Å². The van der Waals surface area contributed by atoms with E-state index in [0.717, 1.165) is 11.3 Å². The van der Waals surface area contributed by atoms with Gasteiger partial charge >= 0.3 is 6.18 Å². The van der Waals surface area contributed by atoms with Crippen molar-refractivity contribution in [3.05, 3.63) is 29.8 Å². The van der Waals surface area contributed by atoms with Crippen LogP contribution in [0.3, 0.4) is 0 Å². The molecule has 1 heterocycles. The second-order valence-electron chi connectivity index (χ2n) is 3.82. The lowest BCUT2D eigenvalue weighted by atomic mass is 9.88. The minimum atomic E-state index is -4.07. The molecule has 1 aromatic rings. The number of hydrogen-bond donors (Lipinski definition) is 1. The lowest BCUT2D eigenvalue weighted by Gasteiger charge is -2.27. The van der Waals surface area contributed by atoms with Gasteiger partial charge in [-0.15, -0.1) is 0 Å². The van der Waals surface area contributed by atoms with Crippen LogP contribution in [0.1, 0.15) is 24.3 Å². The molecule has 0 amide bonds. The van der Waals surface area contributed by atoms with Crippen LogP contribution in [0.25, 0.3) is 0 Å². The summed E-state index contributed by atoms with van der Waals surface area (Å²) in [5.41, 5.74) is 1.64. The van der Waals surface area contributed by atoms with Crippen LogP contribution in [0.5, 0.6) is 0 Å². The maximum absolute atomic E-state index is 12.3. The molecule has 0 aromatic heterocycles. The maximum Gasteiger partial charge on any atom is 0.389 e. The van der Waals surface area contributed by atoms with Gasteiger partial charge in [0.25, 0.3) is 0 Å². The Bertz CT molecular complexity index is 346. The zero-order chi connectivity index (χ0) is 10.9. The summed E-state index contributed by atoms with van der Waals surface area (Å²) in [6.45, 7) is 0.623. The molecule has 0 radical (unpaired) electrons. The Labute approximate surface area is 86.3 Å². The third kappa shape index (κ3) is 2.43. The molecule has 0 fully saturated rings. The number of nitrogens with one attached hydrogen (secondary N) is 1. The smallest absolute Gasteiger partial charge is 0.385 e. The van der Waals surface area contributed by atoms with E-state index < -0.39 is 12.6 Å². The Morgan fingerprint density at radius 1 is 1.27 bits per heavy atom. The molecule has 1 unspecified atom stereocenters. The summed E-state index contributed by atoms with van der Waals surface area (Å²) in [4.78, 5) is 0. The van der Waals surface area contributed by atoms with Crippen LogP contribution in [-0.4, -0.2) is 12.7 Å². The number of halogens is 3. The maximum atomic E-state index is 12.3. The van der Waals surface area contributed by atoms with E-state index in [1.54, 1.807) is 12.1 Å². The van der Waals surface area contributed by atoms with Gasteiger partial charge in [-0.2, -0.15) is 13.2 Å². The minimum absolute atomic E-state index is 0.387. The van der Waals surface area contributed by atoms with Crippen LogP contribution in [0.4, 0.5) is 18.9 Å². The topological polar surface area (TPSA) is 12.0 Å². The van der Waals surface area contributed by atoms with Crippen LogP contribution in [0, 0.1) is 0 Å². The van der Waals surface area contributed by atoms with E-state index in [0.29, 0.717) is 13.0 Å². The molecule has 1 atom stereocenters. The molecule has 0 aliphatic carbocycles. The lowest BCUT2D eigenvalue weighted by Crippen LogP contribution is -2.21. The molecule has 1 N–H and O–H groups in total. The Morgan fingerprint density at radius 3 is 2.73 bits per heavy atom. The monoisotopic (exact) mass is 215 g/mol. The molecule has 1 aromatic carbocycles. The lowest BCUT2D eigenvalue weighted by molar-refractivity contribution is -0.139. The molecule has 15 heavy (non-hydrogen) atoms. The summed E-state index contributed by atoms with van der Waals surface area (Å²) >= 11 is 0. The van der Waals surface area contributed by atoms with E-state index in [1.807, 2.05) is 12.1 Å². The highest BCUT2D eigenvalue weighted by Gasteiger charge is 2.34. The van der Waals surface area contributed by atoms with Gasteiger partial charge in [-0.25, -0.2) is 0 Å². The van der Waals surface area contributed by atoms with E-state index in [4.69, 9.17) is 0 Å². The van der Waals surface area contributed by atoms with E-state index in [-0.39, 0.29) is 5.92 Å². The van der Waals surface area contributed by atoms with Crippen LogP contribution >= 0.6 is 0 Å². The SMILES string of the molecule is FC(F)(F)CC1CCNc2ccccc21. The van der Waals surface area contributed by atoms with Gasteiger partial charge in [-0.05, 0) is 24.0 Å². The third-order valence-electron chi connectivity index (χ3n) is 2.69. The van der Waals surface area contributed by atoms with Gasteiger partial charge in [0.15, 0.2) is 0 Å². The standard InChI is InChI=1S/C11H12F3N/c12-11(13,14)7-8-5-6-15-10-4-2-1-3-9(8)10/h1-4,8,15H,5-7H2. The molecule has 4 heteroatoms. The molecule has 0 saturated carbocycles. The van der Waals surface area contributed by atoms with E-state index >= 15 is 0 Å². The molecule has 0 bridgehead atoms. The second kappa shape index (κ2) is 3.76. The molecule has 1 nitrogen and oxygen atoms in total. The van der Waals surface area contributed by atoms with Crippen molar-refractivity contribution in [1.82, 2.24) is 0 Å². The van der Waals surface area contributed by atoms with Crippen LogP contribution in [0.15, 0.2) is 24.3 Å². The first kappa shape index (κ1) is 10.3. The van der Waals surface area contributed by atoms with Crippen molar-refractivity contribution in [3.63, 3.8) is 0 Å². The fourth-order valence-corrected chi connectivity index (χ4v) is 2.04. The highest BCUT2D eigenvalue weighted by atomic mass is 19.4. The van der Waals surface area contributed by atoms with Gasteiger partial charge in [0.1, 0.15) is 0 Å². The van der Waals surface area contributed by atoms with Crippen molar-refractivity contribution >= 4 is 5.69 Å². The summed E-state index contributed by atoms with van der Waals surface area (Å²) in [6.07, 6.45) is -4.24. The number of para-hydroxylation sites is 1. The number of alkyl halides is 3. The summed E-state index contributed by atoms with van der Waals surface area (Å²) in [6, 6.07) is 7.23. The molecule has 0 spiro atoms. The summed E-state index contributed by atoms with van der Waals surface area (Å²) in [7, 11) is 0. The number of anilines is 1. The van der Waals surface area contributed by atoms with Crippen molar-refractivity contribution in [2.75, 3.05) is 11.9 Å². The first-order valence-electron chi connectivity index (χ1n) is 4.96. The molecular formula is C11H12F3N. The van der Waals surface area contributed by atoms with Gasteiger partial charge in [0, 0.05) is 12.2 Å². The average molecular weight is 215 g/mol. The van der Waals surface area contributed by atoms with Crippen LogP contribution in [0.2, 0.25) is 0 Å². The Balaban J connectivity index is 2.22. The van der Waals surface area contributed by atoms with Gasteiger partial charge in [0.2, 0.25) is 0 Å². The molecule has 1 aliphatic rings. The van der Waals surface area contributed by atoms with E-state index in [1.165, 1.54) is 0 Å². The fraction of sp³-hybridized carbons (Fsp3) is 0.455. The molecular weight excluding hydrogens is 203 g/mol. The average Bonchev–Trinajstić information content (AvgIpc) is 2.16. The Morgan fingerprint density at radius 2 is 2.00 bits per heavy atom. The van der Waals surface area contributed by atoms with Crippen molar-refractivity contribution in [2.45, 2.75) is 24.9 Å². The zero-order valence-corrected chi connectivity index (χ0v) is 8.14. The van der Waals surface area contributed by atoms with Crippen LogP contribution in [-0.2, 0) is 0 Å². The fourth-order valence-electron chi connectivity index (χ4n) is 2.04. The second-order valence-corrected chi connectivity index (χ2v) is 3.82. The largest absolute Gasteiger partial charge is 0.389 e. The Hall–Kier alpha value is -1.19. The van der Waals surface area contributed by atoms with Crippen LogP contribution < -0.4 is 5.32 Å². The summed E-state index contributed by atoms with van der Waals surface area (Å²) < 4.78 is 36.9. The number of fused-ring (bicyclic) bond motifs is 1.